The van der Waals surface area contributed by atoms with Gasteiger partial charge in [0.15, 0.2) is 11.5 Å². The maximum atomic E-state index is 8.86. The van der Waals surface area contributed by atoms with Crippen LogP contribution in [0.25, 0.3) is 0 Å². The highest BCUT2D eigenvalue weighted by atomic mass is 79.9. The van der Waals surface area contributed by atoms with Gasteiger partial charge in [0.2, 0.25) is 0 Å². The fraction of sp³-hybridized carbons (Fsp3) is 0.333. The van der Waals surface area contributed by atoms with E-state index in [4.69, 9.17) is 26.2 Å². The van der Waals surface area contributed by atoms with E-state index in [0.29, 0.717) is 42.8 Å². The van der Waals surface area contributed by atoms with Crippen molar-refractivity contribution >= 4 is 27.5 Å². The highest BCUT2D eigenvalue weighted by molar-refractivity contribution is 9.10. The zero-order chi connectivity index (χ0) is 17.4. The molecule has 4 nitrogen and oxygen atoms in total. The van der Waals surface area contributed by atoms with Gasteiger partial charge in [0, 0.05) is 22.6 Å². The summed E-state index contributed by atoms with van der Waals surface area (Å²) in [5.41, 5.74) is 2.08. The van der Waals surface area contributed by atoms with E-state index >= 15 is 0 Å². The van der Waals surface area contributed by atoms with Crippen LogP contribution in [0.1, 0.15) is 18.1 Å². The van der Waals surface area contributed by atoms with Crippen LogP contribution in [0.15, 0.2) is 40.9 Å². The Kier molecular flexibility index (Phi) is 7.85. The number of rotatable bonds is 9. The Morgan fingerprint density at radius 1 is 1.12 bits per heavy atom. The number of hydrogen-bond acceptors (Lipinski definition) is 4. The number of hydrogen-bond donors (Lipinski definition) is 2. The fourth-order valence-electron chi connectivity index (χ4n) is 2.14. The summed E-state index contributed by atoms with van der Waals surface area (Å²) in [4.78, 5) is 0. The van der Waals surface area contributed by atoms with Crippen molar-refractivity contribution in [2.45, 2.75) is 20.1 Å². The van der Waals surface area contributed by atoms with Crippen LogP contribution in [-0.4, -0.2) is 24.9 Å². The van der Waals surface area contributed by atoms with Crippen LogP contribution in [0.2, 0.25) is 5.02 Å². The monoisotopic (exact) mass is 413 g/mol. The molecule has 130 valence electrons. The van der Waals surface area contributed by atoms with Crippen molar-refractivity contribution in [3.63, 3.8) is 0 Å². The van der Waals surface area contributed by atoms with Gasteiger partial charge in [-0.2, -0.15) is 0 Å². The van der Waals surface area contributed by atoms with Crippen LogP contribution in [0.3, 0.4) is 0 Å². The number of halogens is 2. The lowest BCUT2D eigenvalue weighted by molar-refractivity contribution is 0.268. The molecule has 0 aliphatic heterocycles. The number of benzene rings is 2. The van der Waals surface area contributed by atoms with Crippen LogP contribution < -0.4 is 14.8 Å². The quantitative estimate of drug-likeness (QED) is 0.605. The summed E-state index contributed by atoms with van der Waals surface area (Å²) in [7, 11) is 0. The predicted octanol–water partition coefficient (Wildman–Crippen LogP) is 4.16. The third kappa shape index (κ3) is 5.67. The second kappa shape index (κ2) is 9.89. The zero-order valence-electron chi connectivity index (χ0n) is 13.5. The van der Waals surface area contributed by atoms with Gasteiger partial charge in [-0.1, -0.05) is 39.7 Å². The largest absolute Gasteiger partial charge is 0.490 e. The van der Waals surface area contributed by atoms with Crippen molar-refractivity contribution in [3.05, 3.63) is 57.0 Å². The van der Waals surface area contributed by atoms with Crippen LogP contribution in [-0.2, 0) is 13.2 Å². The Bertz CT molecular complexity index is 649. The Balaban J connectivity index is 2.12. The summed E-state index contributed by atoms with van der Waals surface area (Å²) in [6.45, 7) is 4.23. The minimum atomic E-state index is 0.109. The van der Waals surface area contributed by atoms with Gasteiger partial charge >= 0.3 is 0 Å². The molecule has 2 rings (SSSR count). The Labute approximate surface area is 155 Å². The van der Waals surface area contributed by atoms with Gasteiger partial charge in [0.05, 0.1) is 13.2 Å². The molecule has 0 aliphatic rings. The molecule has 0 saturated carbocycles. The number of nitrogens with one attached hydrogen (secondary N) is 1. The Morgan fingerprint density at radius 2 is 1.83 bits per heavy atom. The van der Waals surface area contributed by atoms with Crippen LogP contribution in [0.4, 0.5) is 0 Å². The van der Waals surface area contributed by atoms with Crippen molar-refractivity contribution in [2.75, 3.05) is 19.8 Å². The molecule has 0 aromatic heterocycles. The smallest absolute Gasteiger partial charge is 0.162 e. The summed E-state index contributed by atoms with van der Waals surface area (Å²) < 4.78 is 12.6. The van der Waals surface area contributed by atoms with Gasteiger partial charge in [-0.3, -0.25) is 0 Å². The third-order valence-corrected chi connectivity index (χ3v) is 4.31. The molecule has 0 fully saturated rings. The van der Waals surface area contributed by atoms with Crippen molar-refractivity contribution in [3.8, 4) is 11.5 Å². The maximum Gasteiger partial charge on any atom is 0.162 e. The minimum absolute atomic E-state index is 0.109. The van der Waals surface area contributed by atoms with E-state index < -0.39 is 0 Å². The van der Waals surface area contributed by atoms with Crippen molar-refractivity contribution < 1.29 is 14.6 Å². The molecule has 0 atom stereocenters. The topological polar surface area (TPSA) is 50.7 Å². The summed E-state index contributed by atoms with van der Waals surface area (Å²) in [5.74, 6) is 1.39. The van der Waals surface area contributed by atoms with Gasteiger partial charge in [0.25, 0.3) is 0 Å². The first-order valence-corrected chi connectivity index (χ1v) is 8.95. The second-order valence-corrected chi connectivity index (χ2v) is 6.43. The molecule has 0 amide bonds. The second-order valence-electron chi connectivity index (χ2n) is 5.14. The lowest BCUT2D eigenvalue weighted by atomic mass is 10.2. The molecular formula is C18H21BrClNO3. The van der Waals surface area contributed by atoms with Crippen LogP contribution in [0.5, 0.6) is 11.5 Å². The molecule has 2 aromatic carbocycles. The molecule has 2 aromatic rings. The SMILES string of the molecule is CCOc1cc(CNCCO)c(Br)cc1OCc1ccc(Cl)cc1. The normalized spacial score (nSPS) is 10.7. The summed E-state index contributed by atoms with van der Waals surface area (Å²) in [5, 5.41) is 12.7. The highest BCUT2D eigenvalue weighted by Gasteiger charge is 2.11. The van der Waals surface area contributed by atoms with E-state index in [1.165, 1.54) is 0 Å². The lowest BCUT2D eigenvalue weighted by Gasteiger charge is -2.15. The standard InChI is InChI=1S/C18H21BrClNO3/c1-2-23-17-9-14(11-21-7-8-22)16(19)10-18(17)24-12-13-3-5-15(20)6-4-13/h3-6,9-10,21-22H,2,7-8,11-12H2,1H3. The van der Waals surface area contributed by atoms with Crippen LogP contribution >= 0.6 is 27.5 Å². The highest BCUT2D eigenvalue weighted by Crippen LogP contribution is 2.34. The van der Waals surface area contributed by atoms with E-state index in [1.54, 1.807) is 0 Å². The minimum Gasteiger partial charge on any atom is -0.490 e. The molecule has 0 unspecified atom stereocenters. The van der Waals surface area contributed by atoms with E-state index in [-0.39, 0.29) is 6.61 Å². The molecule has 2 N–H and O–H groups in total. The molecule has 0 radical (unpaired) electrons. The zero-order valence-corrected chi connectivity index (χ0v) is 15.9. The Morgan fingerprint density at radius 3 is 2.50 bits per heavy atom. The van der Waals surface area contributed by atoms with Crippen molar-refractivity contribution in [1.29, 1.82) is 0 Å². The van der Waals surface area contributed by atoms with Gasteiger partial charge in [-0.05, 0) is 42.3 Å². The average Bonchev–Trinajstić information content (AvgIpc) is 2.58. The maximum absolute atomic E-state index is 8.86. The molecule has 0 spiro atoms. The van der Waals surface area contributed by atoms with E-state index in [2.05, 4.69) is 21.2 Å². The summed E-state index contributed by atoms with van der Waals surface area (Å²) in [6, 6.07) is 11.4. The first-order chi connectivity index (χ1) is 11.6. The number of aliphatic hydroxyl groups is 1. The Hall–Kier alpha value is -1.27. The van der Waals surface area contributed by atoms with Crippen molar-refractivity contribution in [1.82, 2.24) is 5.32 Å². The van der Waals surface area contributed by atoms with Gasteiger partial charge in [-0.25, -0.2) is 0 Å². The molecule has 6 heteroatoms. The summed E-state index contributed by atoms with van der Waals surface area (Å²) >= 11 is 9.46. The number of aliphatic hydroxyl groups excluding tert-OH is 1. The molecule has 0 saturated heterocycles. The van der Waals surface area contributed by atoms with Crippen LogP contribution in [0, 0.1) is 0 Å². The molecular weight excluding hydrogens is 394 g/mol. The molecule has 0 bridgehead atoms. The molecule has 0 heterocycles. The lowest BCUT2D eigenvalue weighted by Crippen LogP contribution is -2.17. The fourth-order valence-corrected chi connectivity index (χ4v) is 2.73. The predicted molar refractivity (Wildman–Crippen MR) is 99.9 cm³/mol. The van der Waals surface area contributed by atoms with Gasteiger partial charge < -0.3 is 19.9 Å². The summed E-state index contributed by atoms with van der Waals surface area (Å²) in [6.07, 6.45) is 0. The van der Waals surface area contributed by atoms with Gasteiger partial charge in [-0.15, -0.1) is 0 Å². The molecule has 24 heavy (non-hydrogen) atoms. The molecule has 0 aliphatic carbocycles. The first-order valence-electron chi connectivity index (χ1n) is 7.78. The first kappa shape index (κ1) is 19.1. The van der Waals surface area contributed by atoms with E-state index in [1.807, 2.05) is 43.3 Å². The number of ether oxygens (including phenoxy) is 2. The van der Waals surface area contributed by atoms with Crippen molar-refractivity contribution in [2.24, 2.45) is 0 Å². The average molecular weight is 415 g/mol. The van der Waals surface area contributed by atoms with E-state index in [0.717, 1.165) is 15.6 Å². The van der Waals surface area contributed by atoms with Gasteiger partial charge in [0.1, 0.15) is 6.61 Å². The third-order valence-electron chi connectivity index (χ3n) is 3.32. The van der Waals surface area contributed by atoms with E-state index in [9.17, 15) is 0 Å².